The van der Waals surface area contributed by atoms with Gasteiger partial charge in [0.15, 0.2) is 0 Å². The molecular weight excluding hydrogens is 316 g/mol. The number of unbranched alkanes of at least 4 members (excludes halogenated alkanes) is 2. The van der Waals surface area contributed by atoms with Crippen LogP contribution in [-0.4, -0.2) is 23.1 Å². The summed E-state index contributed by atoms with van der Waals surface area (Å²) in [5.74, 6) is 3.44. The van der Waals surface area contributed by atoms with Gasteiger partial charge in [-0.15, -0.1) is 0 Å². The average Bonchev–Trinajstić information content (AvgIpc) is 2.94. The lowest BCUT2D eigenvalue weighted by molar-refractivity contribution is -0.143. The molecule has 3 atom stereocenters. The normalized spacial score (nSPS) is 30.9. The molecule has 0 N–H and O–H groups in total. The van der Waals surface area contributed by atoms with Crippen LogP contribution in [0.2, 0.25) is 0 Å². The predicted molar refractivity (Wildman–Crippen MR) is 104 cm³/mol. The fourth-order valence-corrected chi connectivity index (χ4v) is 6.13. The van der Waals surface area contributed by atoms with E-state index in [2.05, 4.69) is 34.6 Å². The number of ether oxygens (including phenoxy) is 1. The summed E-state index contributed by atoms with van der Waals surface area (Å²) in [6.07, 6.45) is 9.40. The summed E-state index contributed by atoms with van der Waals surface area (Å²) in [4.78, 5) is 11.9. The van der Waals surface area contributed by atoms with Crippen molar-refractivity contribution in [2.24, 2.45) is 23.2 Å². The third kappa shape index (κ3) is 5.41. The Bertz CT molecular complexity index is 418. The second-order valence-corrected chi connectivity index (χ2v) is 11.0. The summed E-state index contributed by atoms with van der Waals surface area (Å²) in [7, 11) is 0. The molecule has 2 fully saturated rings. The second-order valence-electron chi connectivity index (χ2n) is 9.40. The highest BCUT2D eigenvalue weighted by Crippen LogP contribution is 2.63. The lowest BCUT2D eigenvalue weighted by Crippen LogP contribution is -2.35. The van der Waals surface area contributed by atoms with Gasteiger partial charge in [-0.3, -0.25) is 4.79 Å². The number of rotatable bonds is 10. The topological polar surface area (TPSA) is 26.3 Å². The van der Waals surface area contributed by atoms with E-state index in [0.717, 1.165) is 29.9 Å². The molecule has 0 radical (unpaired) electrons. The number of esters is 1. The van der Waals surface area contributed by atoms with Crippen molar-refractivity contribution in [3.8, 4) is 0 Å². The van der Waals surface area contributed by atoms with Gasteiger partial charge < -0.3 is 4.74 Å². The van der Waals surface area contributed by atoms with Crippen molar-refractivity contribution in [3.05, 3.63) is 0 Å². The first-order chi connectivity index (χ1) is 11.2. The molecule has 140 valence electrons. The Hall–Kier alpha value is -0.180. The molecule has 3 unspecified atom stereocenters. The quantitative estimate of drug-likeness (QED) is 0.351. The van der Waals surface area contributed by atoms with E-state index in [1.165, 1.54) is 38.5 Å². The van der Waals surface area contributed by atoms with Gasteiger partial charge in [-0.2, -0.15) is 11.8 Å². The first kappa shape index (κ1) is 20.1. The van der Waals surface area contributed by atoms with E-state index in [4.69, 9.17) is 4.74 Å². The smallest absolute Gasteiger partial charge is 0.306 e. The van der Waals surface area contributed by atoms with Crippen LogP contribution in [0.25, 0.3) is 0 Å². The van der Waals surface area contributed by atoms with Crippen molar-refractivity contribution in [2.75, 3.05) is 12.4 Å². The fraction of sp³-hybridized carbons (Fsp3) is 0.952. The number of hydrogen-bond donors (Lipinski definition) is 0. The van der Waals surface area contributed by atoms with E-state index in [0.29, 0.717) is 23.2 Å². The molecule has 2 rings (SSSR count). The molecule has 0 amide bonds. The molecule has 0 spiro atoms. The molecule has 2 aliphatic carbocycles. The first-order valence-corrected chi connectivity index (χ1v) is 11.0. The maximum Gasteiger partial charge on any atom is 0.306 e. The molecule has 0 aromatic rings. The van der Waals surface area contributed by atoms with Crippen molar-refractivity contribution in [3.63, 3.8) is 0 Å². The van der Waals surface area contributed by atoms with Crippen molar-refractivity contribution in [1.82, 2.24) is 0 Å². The maximum absolute atomic E-state index is 11.9. The monoisotopic (exact) mass is 354 g/mol. The predicted octanol–water partition coefficient (Wildman–Crippen LogP) is 6.08. The summed E-state index contributed by atoms with van der Waals surface area (Å²) < 4.78 is 5.79. The van der Waals surface area contributed by atoms with Gasteiger partial charge in [-0.25, -0.2) is 0 Å². The van der Waals surface area contributed by atoms with E-state index in [-0.39, 0.29) is 5.97 Å². The van der Waals surface area contributed by atoms with Crippen LogP contribution in [0.1, 0.15) is 86.0 Å². The third-order valence-corrected chi connectivity index (χ3v) is 7.96. The first-order valence-electron chi connectivity index (χ1n) is 10.0. The summed E-state index contributed by atoms with van der Waals surface area (Å²) in [6.45, 7) is 12.4. The number of carbonyl (C=O) groups excluding carboxylic acids is 1. The molecule has 0 aromatic heterocycles. The molecule has 0 aromatic carbocycles. The van der Waals surface area contributed by atoms with Gasteiger partial charge >= 0.3 is 5.97 Å². The van der Waals surface area contributed by atoms with Crippen LogP contribution in [0.15, 0.2) is 0 Å². The molecule has 0 heterocycles. The molecule has 0 aliphatic heterocycles. The fourth-order valence-electron chi connectivity index (χ4n) is 4.66. The van der Waals surface area contributed by atoms with Crippen LogP contribution in [0.5, 0.6) is 0 Å². The zero-order valence-corrected chi connectivity index (χ0v) is 17.3. The zero-order chi connectivity index (χ0) is 17.8. The van der Waals surface area contributed by atoms with Gasteiger partial charge in [0.1, 0.15) is 0 Å². The number of hydrogen-bond acceptors (Lipinski definition) is 3. The Balaban J connectivity index is 1.54. The minimum Gasteiger partial charge on any atom is -0.466 e. The van der Waals surface area contributed by atoms with Crippen molar-refractivity contribution in [2.45, 2.75) is 90.7 Å². The maximum atomic E-state index is 11.9. The highest BCUT2D eigenvalue weighted by Gasteiger charge is 2.55. The van der Waals surface area contributed by atoms with Gasteiger partial charge in [-0.05, 0) is 48.9 Å². The van der Waals surface area contributed by atoms with Crippen LogP contribution in [0, 0.1) is 23.2 Å². The Morgan fingerprint density at radius 2 is 1.88 bits per heavy atom. The Kier molecular flexibility index (Phi) is 7.10. The van der Waals surface area contributed by atoms with E-state index in [1.54, 1.807) is 0 Å². The van der Waals surface area contributed by atoms with Crippen LogP contribution in [0.3, 0.4) is 0 Å². The van der Waals surface area contributed by atoms with E-state index in [9.17, 15) is 4.79 Å². The molecule has 24 heavy (non-hydrogen) atoms. The van der Waals surface area contributed by atoms with E-state index >= 15 is 0 Å². The Morgan fingerprint density at radius 1 is 1.12 bits per heavy atom. The molecule has 2 aliphatic rings. The van der Waals surface area contributed by atoms with Crippen LogP contribution in [-0.2, 0) is 9.53 Å². The molecular formula is C21H38O2S. The Morgan fingerprint density at radius 3 is 2.46 bits per heavy atom. The van der Waals surface area contributed by atoms with Gasteiger partial charge in [0.2, 0.25) is 0 Å². The van der Waals surface area contributed by atoms with Crippen LogP contribution < -0.4 is 0 Å². The summed E-state index contributed by atoms with van der Waals surface area (Å²) in [6, 6.07) is 0. The van der Waals surface area contributed by atoms with Gasteiger partial charge in [0.05, 0.1) is 13.0 Å². The molecule has 2 nitrogen and oxygen atoms in total. The SMILES string of the molecule is CC(C)CCCCCOC(=O)CCSC1(C)CC2CC1CC2(C)C. The summed E-state index contributed by atoms with van der Waals surface area (Å²) in [5.41, 5.74) is 0.541. The highest BCUT2D eigenvalue weighted by molar-refractivity contribution is 8.00. The number of carbonyl (C=O) groups is 1. The summed E-state index contributed by atoms with van der Waals surface area (Å²) >= 11 is 2.03. The second kappa shape index (κ2) is 8.47. The zero-order valence-electron chi connectivity index (χ0n) is 16.5. The van der Waals surface area contributed by atoms with E-state index < -0.39 is 0 Å². The molecule has 2 bridgehead atoms. The largest absolute Gasteiger partial charge is 0.466 e. The van der Waals surface area contributed by atoms with Gasteiger partial charge in [-0.1, -0.05) is 53.9 Å². The van der Waals surface area contributed by atoms with Crippen molar-refractivity contribution >= 4 is 17.7 Å². The standard InChI is InChI=1S/C21H38O2S/c1-16(2)9-7-6-8-11-23-19(22)10-12-24-21(5)15-17-13-18(21)14-20(17,3)4/h16-18H,6-15H2,1-5H3. The highest BCUT2D eigenvalue weighted by atomic mass is 32.2. The van der Waals surface area contributed by atoms with Gasteiger partial charge in [0.25, 0.3) is 0 Å². The van der Waals surface area contributed by atoms with Gasteiger partial charge in [0, 0.05) is 10.5 Å². The summed E-state index contributed by atoms with van der Waals surface area (Å²) in [5, 5.41) is 0. The van der Waals surface area contributed by atoms with E-state index in [1.807, 2.05) is 11.8 Å². The molecule has 0 saturated heterocycles. The average molecular weight is 355 g/mol. The van der Waals surface area contributed by atoms with Crippen LogP contribution in [0.4, 0.5) is 0 Å². The minimum absolute atomic E-state index is 0.00144. The minimum atomic E-state index is -0.00144. The molecule has 3 heteroatoms. The van der Waals surface area contributed by atoms with Crippen LogP contribution >= 0.6 is 11.8 Å². The Labute approximate surface area is 153 Å². The number of fused-ring (bicyclic) bond motifs is 2. The van der Waals surface area contributed by atoms with Crippen molar-refractivity contribution in [1.29, 1.82) is 0 Å². The van der Waals surface area contributed by atoms with Crippen molar-refractivity contribution < 1.29 is 9.53 Å². The molecule has 2 saturated carbocycles. The number of thioether (sulfide) groups is 1. The third-order valence-electron chi connectivity index (χ3n) is 6.39. The lowest BCUT2D eigenvalue weighted by atomic mass is 9.73. The lowest BCUT2D eigenvalue weighted by Gasteiger charge is -2.40.